The average Bonchev–Trinajstić information content (AvgIpc) is 2.96. The Hall–Kier alpha value is -3.48. The summed E-state index contributed by atoms with van der Waals surface area (Å²) in [6, 6.07) is 13.2. The van der Waals surface area contributed by atoms with Crippen LogP contribution in [0.25, 0.3) is 27.9 Å². The molecule has 0 aliphatic carbocycles. The Morgan fingerprint density at radius 1 is 1.18 bits per heavy atom. The number of nitrogen functional groups attached to an aromatic ring is 1. The molecule has 0 fully saturated rings. The van der Waals surface area contributed by atoms with Gasteiger partial charge in [0.25, 0.3) is 0 Å². The van der Waals surface area contributed by atoms with Crippen LogP contribution in [0.1, 0.15) is 30.6 Å². The number of esters is 1. The van der Waals surface area contributed by atoms with Crippen molar-refractivity contribution in [1.29, 1.82) is 0 Å². The van der Waals surface area contributed by atoms with Crippen LogP contribution in [0.2, 0.25) is 0 Å². The minimum absolute atomic E-state index is 0.115. The highest BCUT2D eigenvalue weighted by molar-refractivity contribution is 6.09. The highest BCUT2D eigenvalue weighted by atomic mass is 19.1. The van der Waals surface area contributed by atoms with Gasteiger partial charge in [-0.1, -0.05) is 25.1 Å². The molecule has 2 aromatic carbocycles. The van der Waals surface area contributed by atoms with Crippen LogP contribution in [0.5, 0.6) is 0 Å². The van der Waals surface area contributed by atoms with Crippen molar-refractivity contribution in [2.75, 3.05) is 5.73 Å². The average molecular weight is 378 g/mol. The molecule has 0 aliphatic heterocycles. The summed E-state index contributed by atoms with van der Waals surface area (Å²) >= 11 is 0. The van der Waals surface area contributed by atoms with Crippen LogP contribution in [0.15, 0.2) is 48.5 Å². The number of hydrogen-bond donors (Lipinski definition) is 1. The van der Waals surface area contributed by atoms with Crippen molar-refractivity contribution >= 4 is 34.0 Å². The second kappa shape index (κ2) is 6.92. The number of nitrogens with zero attached hydrogens (tertiary/aromatic N) is 3. The Bertz CT molecular complexity index is 1200. The first-order valence-corrected chi connectivity index (χ1v) is 9.03. The lowest BCUT2D eigenvalue weighted by molar-refractivity contribution is 0.0338. The summed E-state index contributed by atoms with van der Waals surface area (Å²) in [5.74, 6) is -0.878. The number of para-hydroxylation sites is 2. The number of nitrogens with two attached hydrogens (primary N) is 1. The van der Waals surface area contributed by atoms with E-state index in [0.29, 0.717) is 34.3 Å². The summed E-state index contributed by atoms with van der Waals surface area (Å²) in [6.07, 6.45) is 0.399. The highest BCUT2D eigenvalue weighted by Crippen LogP contribution is 2.32. The topological polar surface area (TPSA) is 83.0 Å². The maximum Gasteiger partial charge on any atom is 0.344 e. The first-order chi connectivity index (χ1) is 13.5. The Labute approximate surface area is 160 Å². The Morgan fingerprint density at radius 3 is 2.57 bits per heavy atom. The molecule has 0 spiro atoms. The molecule has 2 N–H and O–H groups in total. The third-order valence-electron chi connectivity index (χ3n) is 4.65. The first kappa shape index (κ1) is 17.9. The molecule has 0 aliphatic rings. The fourth-order valence-electron chi connectivity index (χ4n) is 3.06. The minimum atomic E-state index is -0.573. The number of hydrogen-bond acceptors (Lipinski definition) is 5. The number of aromatic nitrogens is 3. The van der Waals surface area contributed by atoms with Gasteiger partial charge in [-0.25, -0.2) is 19.2 Å². The smallest absolute Gasteiger partial charge is 0.344 e. The van der Waals surface area contributed by atoms with Gasteiger partial charge in [-0.3, -0.25) is 4.57 Å². The summed E-state index contributed by atoms with van der Waals surface area (Å²) in [5.41, 5.74) is 8.90. The van der Waals surface area contributed by atoms with Crippen LogP contribution in [0.4, 0.5) is 10.2 Å². The molecule has 1 unspecified atom stereocenters. The number of ether oxygens (including phenoxy) is 1. The Balaban J connectivity index is 2.04. The standard InChI is InChI=1S/C21H19FN4O2/c1-3-12(2)28-21(27)17-18-20(25-16-10-5-4-9-15(16)24-18)26(19(17)23)14-8-6-7-13(22)11-14/h4-12H,3,23H2,1-2H3. The molecule has 0 radical (unpaired) electrons. The Kier molecular flexibility index (Phi) is 4.43. The predicted molar refractivity (Wildman–Crippen MR) is 106 cm³/mol. The second-order valence-corrected chi connectivity index (χ2v) is 6.58. The molecule has 4 aromatic rings. The third-order valence-corrected chi connectivity index (χ3v) is 4.65. The van der Waals surface area contributed by atoms with Gasteiger partial charge in [0.05, 0.1) is 22.8 Å². The molecule has 28 heavy (non-hydrogen) atoms. The monoisotopic (exact) mass is 378 g/mol. The lowest BCUT2D eigenvalue weighted by Crippen LogP contribution is -2.15. The van der Waals surface area contributed by atoms with Crippen LogP contribution in [-0.4, -0.2) is 26.6 Å². The van der Waals surface area contributed by atoms with E-state index in [4.69, 9.17) is 10.5 Å². The van der Waals surface area contributed by atoms with E-state index in [-0.39, 0.29) is 17.5 Å². The van der Waals surface area contributed by atoms with Gasteiger partial charge in [-0.2, -0.15) is 0 Å². The minimum Gasteiger partial charge on any atom is -0.459 e. The van der Waals surface area contributed by atoms with Crippen molar-refractivity contribution in [3.63, 3.8) is 0 Å². The summed E-state index contributed by atoms with van der Waals surface area (Å²) in [5, 5.41) is 0. The van der Waals surface area contributed by atoms with Gasteiger partial charge in [0.2, 0.25) is 0 Å². The zero-order chi connectivity index (χ0) is 19.8. The molecular weight excluding hydrogens is 359 g/mol. The molecule has 7 heteroatoms. The largest absolute Gasteiger partial charge is 0.459 e. The van der Waals surface area contributed by atoms with Crippen molar-refractivity contribution < 1.29 is 13.9 Å². The quantitative estimate of drug-likeness (QED) is 0.537. The maximum atomic E-state index is 13.8. The van der Waals surface area contributed by atoms with Crippen LogP contribution in [0, 0.1) is 5.82 Å². The number of rotatable bonds is 4. The van der Waals surface area contributed by atoms with Crippen molar-refractivity contribution in [3.8, 4) is 5.69 Å². The molecule has 142 valence electrons. The van der Waals surface area contributed by atoms with Crippen LogP contribution >= 0.6 is 0 Å². The molecule has 0 saturated heterocycles. The highest BCUT2D eigenvalue weighted by Gasteiger charge is 2.26. The van der Waals surface area contributed by atoms with Crippen molar-refractivity contribution in [1.82, 2.24) is 14.5 Å². The van der Waals surface area contributed by atoms with Gasteiger partial charge in [0.15, 0.2) is 5.65 Å². The van der Waals surface area contributed by atoms with Crippen LogP contribution in [-0.2, 0) is 4.74 Å². The van der Waals surface area contributed by atoms with E-state index in [0.717, 1.165) is 0 Å². The zero-order valence-electron chi connectivity index (χ0n) is 15.5. The van der Waals surface area contributed by atoms with Gasteiger partial charge in [-0.05, 0) is 43.7 Å². The fraction of sp³-hybridized carbons (Fsp3) is 0.190. The second-order valence-electron chi connectivity index (χ2n) is 6.58. The van der Waals surface area contributed by atoms with Gasteiger partial charge < -0.3 is 10.5 Å². The third kappa shape index (κ3) is 2.94. The summed E-state index contributed by atoms with van der Waals surface area (Å²) < 4.78 is 20.9. The molecule has 6 nitrogen and oxygen atoms in total. The molecule has 0 bridgehead atoms. The normalized spacial score (nSPS) is 12.4. The lowest BCUT2D eigenvalue weighted by atomic mass is 10.2. The van der Waals surface area contributed by atoms with Crippen LogP contribution in [0.3, 0.4) is 0 Å². The molecule has 1 atom stereocenters. The van der Waals surface area contributed by atoms with E-state index in [1.807, 2.05) is 25.1 Å². The van der Waals surface area contributed by atoms with E-state index in [1.165, 1.54) is 16.7 Å². The zero-order valence-corrected chi connectivity index (χ0v) is 15.5. The van der Waals surface area contributed by atoms with Crippen molar-refractivity contribution in [2.45, 2.75) is 26.4 Å². The van der Waals surface area contributed by atoms with Gasteiger partial charge in [0.1, 0.15) is 22.7 Å². The number of fused-ring (bicyclic) bond motifs is 2. The molecule has 0 amide bonds. The summed E-state index contributed by atoms with van der Waals surface area (Å²) in [6.45, 7) is 3.73. The van der Waals surface area contributed by atoms with Crippen LogP contribution < -0.4 is 5.73 Å². The van der Waals surface area contributed by atoms with E-state index in [2.05, 4.69) is 9.97 Å². The summed E-state index contributed by atoms with van der Waals surface area (Å²) in [7, 11) is 0. The molecule has 2 aromatic heterocycles. The van der Waals surface area contributed by atoms with Gasteiger partial charge in [0, 0.05) is 0 Å². The number of benzene rings is 2. The number of carbonyl (C=O) groups is 1. The van der Waals surface area contributed by atoms with Crippen molar-refractivity contribution in [3.05, 3.63) is 59.9 Å². The van der Waals surface area contributed by atoms with E-state index in [1.54, 1.807) is 25.1 Å². The number of halogens is 1. The van der Waals surface area contributed by atoms with E-state index < -0.39 is 11.8 Å². The molecule has 2 heterocycles. The lowest BCUT2D eigenvalue weighted by Gasteiger charge is -2.11. The fourth-order valence-corrected chi connectivity index (χ4v) is 3.06. The Morgan fingerprint density at radius 2 is 1.89 bits per heavy atom. The molecule has 0 saturated carbocycles. The van der Waals surface area contributed by atoms with E-state index in [9.17, 15) is 9.18 Å². The van der Waals surface area contributed by atoms with Gasteiger partial charge in [-0.15, -0.1) is 0 Å². The molecular formula is C21H19FN4O2. The number of carbonyl (C=O) groups excluding carboxylic acids is 1. The first-order valence-electron chi connectivity index (χ1n) is 9.03. The predicted octanol–water partition coefficient (Wildman–Crippen LogP) is 4.25. The SMILES string of the molecule is CCC(C)OC(=O)c1c(N)n(-c2cccc(F)c2)c2nc3ccccc3nc12. The van der Waals surface area contributed by atoms with Gasteiger partial charge >= 0.3 is 5.97 Å². The molecule has 4 rings (SSSR count). The van der Waals surface area contributed by atoms with Crippen molar-refractivity contribution in [2.24, 2.45) is 0 Å². The number of anilines is 1. The maximum absolute atomic E-state index is 13.8. The summed E-state index contributed by atoms with van der Waals surface area (Å²) in [4.78, 5) is 22.1. The van der Waals surface area contributed by atoms with E-state index >= 15 is 0 Å².